The van der Waals surface area contributed by atoms with Crippen LogP contribution < -0.4 is 15.8 Å². The number of amides is 1. The van der Waals surface area contributed by atoms with E-state index in [2.05, 4.69) is 10.1 Å². The van der Waals surface area contributed by atoms with E-state index in [0.29, 0.717) is 6.54 Å². The number of rotatable bonds is 8. The van der Waals surface area contributed by atoms with Crippen molar-refractivity contribution in [2.24, 2.45) is 5.73 Å². The van der Waals surface area contributed by atoms with Gasteiger partial charge in [0, 0.05) is 12.6 Å². The van der Waals surface area contributed by atoms with Crippen LogP contribution in [0.5, 0.6) is 5.75 Å². The first-order valence-corrected chi connectivity index (χ1v) is 6.63. The maximum absolute atomic E-state index is 12.3. The number of hydrogen-bond donors (Lipinski definition) is 2. The van der Waals surface area contributed by atoms with E-state index in [-0.39, 0.29) is 29.8 Å². The predicted molar refractivity (Wildman–Crippen MR) is 80.2 cm³/mol. The Hall–Kier alpha value is -1.40. The number of unbranched alkanes of at least 4 members (excludes halogenated alkanes) is 1. The first-order valence-electron chi connectivity index (χ1n) is 6.63. The number of hydrogen-bond acceptors (Lipinski definition) is 3. The summed E-state index contributed by atoms with van der Waals surface area (Å²) in [4.78, 5) is 12.1. The molecule has 1 atom stereocenters. The number of alkyl halides is 2. The van der Waals surface area contributed by atoms with Gasteiger partial charge in [0.1, 0.15) is 5.75 Å². The van der Waals surface area contributed by atoms with Crippen molar-refractivity contribution in [1.29, 1.82) is 0 Å². The number of benzene rings is 1. The molecule has 1 aromatic rings. The van der Waals surface area contributed by atoms with Crippen molar-refractivity contribution in [3.05, 3.63) is 29.8 Å². The van der Waals surface area contributed by atoms with Crippen LogP contribution in [-0.4, -0.2) is 25.1 Å². The highest BCUT2D eigenvalue weighted by molar-refractivity contribution is 5.97. The quantitative estimate of drug-likeness (QED) is 0.773. The average molecular weight is 323 g/mol. The zero-order valence-corrected chi connectivity index (χ0v) is 12.7. The minimum absolute atomic E-state index is 0. The summed E-state index contributed by atoms with van der Waals surface area (Å²) < 4.78 is 28.9. The van der Waals surface area contributed by atoms with Crippen LogP contribution in [-0.2, 0) is 0 Å². The molecule has 0 aliphatic rings. The molecule has 21 heavy (non-hydrogen) atoms. The van der Waals surface area contributed by atoms with Crippen molar-refractivity contribution < 1.29 is 18.3 Å². The lowest BCUT2D eigenvalue weighted by atomic mass is 10.1. The van der Waals surface area contributed by atoms with Crippen molar-refractivity contribution >= 4 is 18.3 Å². The first kappa shape index (κ1) is 19.6. The van der Waals surface area contributed by atoms with Crippen molar-refractivity contribution in [1.82, 2.24) is 5.32 Å². The van der Waals surface area contributed by atoms with Gasteiger partial charge in [0.25, 0.3) is 5.91 Å². The predicted octanol–water partition coefficient (Wildman–Crippen LogP) is 2.96. The van der Waals surface area contributed by atoms with Crippen LogP contribution in [0.4, 0.5) is 8.78 Å². The Bertz CT molecular complexity index is 433. The molecule has 3 N–H and O–H groups in total. The summed E-state index contributed by atoms with van der Waals surface area (Å²) in [7, 11) is 0. The number of carbonyl (C=O) groups excluding carboxylic acids is 1. The number of nitrogens with one attached hydrogen (secondary N) is 1. The minimum Gasteiger partial charge on any atom is -0.434 e. The summed E-state index contributed by atoms with van der Waals surface area (Å²) in [5.41, 5.74) is 5.68. The Balaban J connectivity index is 0.00000400. The first-order chi connectivity index (χ1) is 9.58. The molecule has 0 spiro atoms. The summed E-state index contributed by atoms with van der Waals surface area (Å²) in [6, 6.07) is 5.75. The largest absolute Gasteiger partial charge is 0.434 e. The van der Waals surface area contributed by atoms with E-state index in [4.69, 9.17) is 5.73 Å². The Morgan fingerprint density at radius 2 is 2.05 bits per heavy atom. The highest BCUT2D eigenvalue weighted by Crippen LogP contribution is 2.20. The number of ether oxygens (including phenoxy) is 1. The molecule has 0 saturated heterocycles. The van der Waals surface area contributed by atoms with Crippen molar-refractivity contribution in [3.63, 3.8) is 0 Å². The van der Waals surface area contributed by atoms with Crippen molar-refractivity contribution in [2.45, 2.75) is 38.8 Å². The molecule has 1 aromatic carbocycles. The normalized spacial score (nSPS) is 11.7. The molecule has 0 aliphatic heterocycles. The molecule has 0 aromatic heterocycles. The van der Waals surface area contributed by atoms with Crippen LogP contribution in [0.3, 0.4) is 0 Å². The standard InChI is InChI=1S/C14H20F2N2O2.ClH/c1-2-3-6-10(9-17)18-13(19)11-7-4-5-8-12(11)20-14(15)16;/h4-5,7-8,10,14H,2-3,6,9,17H2,1H3,(H,18,19);1H. The van der Waals surface area contributed by atoms with Gasteiger partial charge in [-0.1, -0.05) is 31.9 Å². The van der Waals surface area contributed by atoms with E-state index in [1.165, 1.54) is 18.2 Å². The van der Waals surface area contributed by atoms with Crippen LogP contribution in [0.2, 0.25) is 0 Å². The molecule has 0 saturated carbocycles. The molecule has 1 unspecified atom stereocenters. The van der Waals surface area contributed by atoms with Crippen molar-refractivity contribution in [2.75, 3.05) is 6.54 Å². The Morgan fingerprint density at radius 1 is 1.38 bits per heavy atom. The molecular weight excluding hydrogens is 302 g/mol. The molecule has 7 heteroatoms. The number of para-hydroxylation sites is 1. The molecule has 4 nitrogen and oxygen atoms in total. The van der Waals surface area contributed by atoms with E-state index in [9.17, 15) is 13.6 Å². The van der Waals surface area contributed by atoms with Crippen LogP contribution in [0.1, 0.15) is 36.5 Å². The Labute approximate surface area is 129 Å². The number of nitrogens with two attached hydrogens (primary N) is 1. The lowest BCUT2D eigenvalue weighted by molar-refractivity contribution is -0.0501. The van der Waals surface area contributed by atoms with Crippen LogP contribution >= 0.6 is 12.4 Å². The van der Waals surface area contributed by atoms with Crippen LogP contribution in [0, 0.1) is 0 Å². The van der Waals surface area contributed by atoms with Gasteiger partial charge < -0.3 is 15.8 Å². The molecule has 0 radical (unpaired) electrons. The summed E-state index contributed by atoms with van der Waals surface area (Å²) in [6.45, 7) is -0.612. The van der Waals surface area contributed by atoms with Gasteiger partial charge in [0.05, 0.1) is 5.56 Å². The smallest absolute Gasteiger partial charge is 0.387 e. The summed E-state index contributed by atoms with van der Waals surface area (Å²) in [5, 5.41) is 2.74. The van der Waals surface area contributed by atoms with Crippen molar-refractivity contribution in [3.8, 4) is 5.75 Å². The molecule has 0 bridgehead atoms. The second kappa shape index (κ2) is 10.3. The maximum atomic E-state index is 12.3. The molecule has 120 valence electrons. The van der Waals surface area contributed by atoms with E-state index in [0.717, 1.165) is 19.3 Å². The molecule has 0 fully saturated rings. The van der Waals surface area contributed by atoms with Gasteiger partial charge in [-0.05, 0) is 18.6 Å². The molecule has 1 rings (SSSR count). The third-order valence-electron chi connectivity index (χ3n) is 2.87. The summed E-state index contributed by atoms with van der Waals surface area (Å²) in [5.74, 6) is -0.584. The van der Waals surface area contributed by atoms with Gasteiger partial charge in [-0.25, -0.2) is 0 Å². The number of carbonyl (C=O) groups is 1. The third-order valence-corrected chi connectivity index (χ3v) is 2.87. The van der Waals surface area contributed by atoms with Gasteiger partial charge in [-0.3, -0.25) is 4.79 Å². The van der Waals surface area contributed by atoms with Gasteiger partial charge in [0.2, 0.25) is 0 Å². The lowest BCUT2D eigenvalue weighted by Crippen LogP contribution is -2.40. The fraction of sp³-hybridized carbons (Fsp3) is 0.500. The number of halogens is 3. The summed E-state index contributed by atoms with van der Waals surface area (Å²) in [6.07, 6.45) is 2.70. The molecular formula is C14H21ClF2N2O2. The van der Waals surface area contributed by atoms with Gasteiger partial charge in [-0.2, -0.15) is 8.78 Å². The van der Waals surface area contributed by atoms with E-state index < -0.39 is 12.5 Å². The van der Waals surface area contributed by atoms with E-state index in [1.807, 2.05) is 6.92 Å². The van der Waals surface area contributed by atoms with Gasteiger partial charge in [-0.15, -0.1) is 12.4 Å². The van der Waals surface area contributed by atoms with Gasteiger partial charge in [0.15, 0.2) is 0 Å². The summed E-state index contributed by atoms with van der Waals surface area (Å²) >= 11 is 0. The van der Waals surface area contributed by atoms with Gasteiger partial charge >= 0.3 is 6.61 Å². The second-order valence-corrected chi connectivity index (χ2v) is 4.42. The molecule has 0 heterocycles. The molecule has 0 aliphatic carbocycles. The minimum atomic E-state index is -2.96. The Kier molecular flexibility index (Phi) is 9.65. The monoisotopic (exact) mass is 322 g/mol. The second-order valence-electron chi connectivity index (χ2n) is 4.42. The zero-order chi connectivity index (χ0) is 15.0. The van der Waals surface area contributed by atoms with E-state index in [1.54, 1.807) is 6.07 Å². The van der Waals surface area contributed by atoms with Crippen LogP contribution in [0.25, 0.3) is 0 Å². The average Bonchev–Trinajstić information content (AvgIpc) is 2.43. The topological polar surface area (TPSA) is 64.3 Å². The third kappa shape index (κ3) is 6.73. The SMILES string of the molecule is CCCCC(CN)NC(=O)c1ccccc1OC(F)F.Cl. The fourth-order valence-electron chi connectivity index (χ4n) is 1.82. The fourth-order valence-corrected chi connectivity index (χ4v) is 1.82. The van der Waals surface area contributed by atoms with Crippen LogP contribution in [0.15, 0.2) is 24.3 Å². The zero-order valence-electron chi connectivity index (χ0n) is 11.9. The molecule has 1 amide bonds. The highest BCUT2D eigenvalue weighted by Gasteiger charge is 2.17. The maximum Gasteiger partial charge on any atom is 0.387 e. The lowest BCUT2D eigenvalue weighted by Gasteiger charge is -2.17. The Morgan fingerprint density at radius 3 is 2.62 bits per heavy atom. The van der Waals surface area contributed by atoms with E-state index >= 15 is 0 Å². The highest BCUT2D eigenvalue weighted by atomic mass is 35.5.